The number of hydrogen-bond acceptors (Lipinski definition) is 5. The molecule has 1 fully saturated rings. The van der Waals surface area contributed by atoms with Gasteiger partial charge in [-0.25, -0.2) is 4.98 Å². The van der Waals surface area contributed by atoms with E-state index >= 15 is 0 Å². The van der Waals surface area contributed by atoms with Gasteiger partial charge >= 0.3 is 0 Å². The van der Waals surface area contributed by atoms with Crippen LogP contribution in [0.15, 0.2) is 12.4 Å². The van der Waals surface area contributed by atoms with Gasteiger partial charge in [0.2, 0.25) is 5.91 Å². The molecule has 100 valence electrons. The highest BCUT2D eigenvalue weighted by Crippen LogP contribution is 2.19. The molecule has 0 aliphatic heterocycles. The van der Waals surface area contributed by atoms with E-state index < -0.39 is 0 Å². The monoisotopic (exact) mass is 260 g/mol. The molecule has 2 N–H and O–H groups in total. The number of carbonyl (C=O) groups excluding carboxylic acids is 1. The molecule has 1 unspecified atom stereocenters. The Morgan fingerprint density at radius 3 is 3.05 bits per heavy atom. The molecular formula is C12H16N6O. The van der Waals surface area contributed by atoms with Crippen LogP contribution in [0.3, 0.4) is 0 Å². The Hall–Kier alpha value is -2.18. The first-order valence-corrected chi connectivity index (χ1v) is 6.38. The van der Waals surface area contributed by atoms with Crippen molar-refractivity contribution in [2.45, 2.75) is 38.8 Å². The molecule has 0 aromatic carbocycles. The maximum Gasteiger partial charge on any atom is 0.254 e. The summed E-state index contributed by atoms with van der Waals surface area (Å²) >= 11 is 0. The average molecular weight is 260 g/mol. The Bertz CT molecular complexity index is 618. The molecular weight excluding hydrogens is 244 g/mol. The fourth-order valence-electron chi connectivity index (χ4n) is 1.87. The lowest BCUT2D eigenvalue weighted by Crippen LogP contribution is -2.39. The summed E-state index contributed by atoms with van der Waals surface area (Å²) < 4.78 is 1.59. The molecule has 1 aliphatic carbocycles. The molecule has 7 heteroatoms. The predicted molar refractivity (Wildman–Crippen MR) is 69.8 cm³/mol. The summed E-state index contributed by atoms with van der Waals surface area (Å²) in [4.78, 5) is 20.2. The van der Waals surface area contributed by atoms with E-state index in [9.17, 15) is 4.79 Å². The minimum absolute atomic E-state index is 0.00484. The molecule has 2 heterocycles. The van der Waals surface area contributed by atoms with Crippen molar-refractivity contribution in [3.05, 3.63) is 18.1 Å². The largest absolute Gasteiger partial charge is 0.358 e. The molecule has 19 heavy (non-hydrogen) atoms. The van der Waals surface area contributed by atoms with Gasteiger partial charge < -0.3 is 10.6 Å². The lowest BCUT2D eigenvalue weighted by Gasteiger charge is -2.15. The standard InChI is InChI=1S/C12H16N6O/c1-7-5-10(18-12(15-7)13-6-14-18)16-8(2)11(19)17-9-3-4-9/h5-6,8-9,16H,3-4H2,1-2H3,(H,17,19). The number of nitrogens with zero attached hydrogens (tertiary/aromatic N) is 4. The molecule has 1 amide bonds. The van der Waals surface area contributed by atoms with E-state index in [4.69, 9.17) is 0 Å². The fourth-order valence-corrected chi connectivity index (χ4v) is 1.87. The van der Waals surface area contributed by atoms with Crippen molar-refractivity contribution in [1.82, 2.24) is 24.9 Å². The van der Waals surface area contributed by atoms with Crippen molar-refractivity contribution < 1.29 is 4.79 Å². The number of fused-ring (bicyclic) bond motifs is 1. The van der Waals surface area contributed by atoms with Gasteiger partial charge in [-0.05, 0) is 26.7 Å². The van der Waals surface area contributed by atoms with E-state index in [0.717, 1.165) is 24.4 Å². The normalized spacial score (nSPS) is 16.3. The predicted octanol–water partition coefficient (Wildman–Crippen LogP) is 0.512. The highest BCUT2D eigenvalue weighted by atomic mass is 16.2. The van der Waals surface area contributed by atoms with Crippen LogP contribution in [0.2, 0.25) is 0 Å². The second-order valence-electron chi connectivity index (χ2n) is 4.90. The minimum Gasteiger partial charge on any atom is -0.358 e. The van der Waals surface area contributed by atoms with Crippen molar-refractivity contribution in [2.24, 2.45) is 0 Å². The Balaban J connectivity index is 1.79. The zero-order chi connectivity index (χ0) is 13.4. The summed E-state index contributed by atoms with van der Waals surface area (Å²) in [6, 6.07) is 1.89. The molecule has 0 saturated heterocycles. The molecule has 1 aliphatic rings. The SMILES string of the molecule is Cc1cc(NC(C)C(=O)NC2CC2)n2ncnc2n1. The third-order valence-corrected chi connectivity index (χ3v) is 3.06. The third kappa shape index (κ3) is 2.49. The van der Waals surface area contributed by atoms with Crippen LogP contribution in [-0.2, 0) is 4.79 Å². The number of amides is 1. The van der Waals surface area contributed by atoms with Gasteiger partial charge in [-0.15, -0.1) is 0 Å². The van der Waals surface area contributed by atoms with E-state index in [2.05, 4.69) is 25.7 Å². The van der Waals surface area contributed by atoms with Crippen molar-refractivity contribution >= 4 is 17.5 Å². The molecule has 7 nitrogen and oxygen atoms in total. The molecule has 2 aromatic rings. The summed E-state index contributed by atoms with van der Waals surface area (Å²) in [6.45, 7) is 3.71. The average Bonchev–Trinajstić information content (AvgIpc) is 3.04. The van der Waals surface area contributed by atoms with E-state index in [1.165, 1.54) is 6.33 Å². The van der Waals surface area contributed by atoms with Gasteiger partial charge in [-0.2, -0.15) is 14.6 Å². The maximum atomic E-state index is 11.9. The first-order chi connectivity index (χ1) is 9.13. The Morgan fingerprint density at radius 1 is 1.53 bits per heavy atom. The van der Waals surface area contributed by atoms with Crippen LogP contribution in [0, 0.1) is 6.92 Å². The number of aryl methyl sites for hydroxylation is 1. The summed E-state index contributed by atoms with van der Waals surface area (Å²) in [5.74, 6) is 1.25. The number of anilines is 1. The Labute approximate surface area is 110 Å². The van der Waals surface area contributed by atoms with Crippen molar-refractivity contribution in [3.8, 4) is 0 Å². The number of hydrogen-bond donors (Lipinski definition) is 2. The van der Waals surface area contributed by atoms with Crippen LogP contribution in [0.25, 0.3) is 5.78 Å². The zero-order valence-corrected chi connectivity index (χ0v) is 10.9. The minimum atomic E-state index is -0.324. The van der Waals surface area contributed by atoms with Crippen LogP contribution in [0.1, 0.15) is 25.5 Å². The maximum absolute atomic E-state index is 11.9. The van der Waals surface area contributed by atoms with Crippen LogP contribution in [0.4, 0.5) is 5.82 Å². The molecule has 0 bridgehead atoms. The highest BCUT2D eigenvalue weighted by Gasteiger charge is 2.25. The smallest absolute Gasteiger partial charge is 0.254 e. The number of nitrogens with one attached hydrogen (secondary N) is 2. The Morgan fingerprint density at radius 2 is 2.32 bits per heavy atom. The van der Waals surface area contributed by atoms with Gasteiger partial charge in [0.25, 0.3) is 5.78 Å². The molecule has 1 saturated carbocycles. The third-order valence-electron chi connectivity index (χ3n) is 3.06. The van der Waals surface area contributed by atoms with Gasteiger partial charge in [-0.1, -0.05) is 0 Å². The van der Waals surface area contributed by atoms with Gasteiger partial charge in [0.15, 0.2) is 0 Å². The molecule has 2 aromatic heterocycles. The molecule has 1 atom stereocenters. The summed E-state index contributed by atoms with van der Waals surface area (Å²) in [5, 5.41) is 10.2. The first-order valence-electron chi connectivity index (χ1n) is 6.38. The molecule has 3 rings (SSSR count). The number of aromatic nitrogens is 4. The van der Waals surface area contributed by atoms with Crippen LogP contribution in [-0.4, -0.2) is 37.6 Å². The fraction of sp³-hybridized carbons (Fsp3) is 0.500. The molecule has 0 radical (unpaired) electrons. The van der Waals surface area contributed by atoms with E-state index in [-0.39, 0.29) is 11.9 Å². The van der Waals surface area contributed by atoms with Crippen LogP contribution in [0.5, 0.6) is 0 Å². The topological polar surface area (TPSA) is 84.2 Å². The second-order valence-corrected chi connectivity index (χ2v) is 4.90. The summed E-state index contributed by atoms with van der Waals surface area (Å²) in [5.41, 5.74) is 0.831. The van der Waals surface area contributed by atoms with Crippen LogP contribution >= 0.6 is 0 Å². The van der Waals surface area contributed by atoms with E-state index in [0.29, 0.717) is 11.8 Å². The van der Waals surface area contributed by atoms with Crippen LogP contribution < -0.4 is 10.6 Å². The van der Waals surface area contributed by atoms with E-state index in [1.807, 2.05) is 19.9 Å². The van der Waals surface area contributed by atoms with Gasteiger partial charge in [0.1, 0.15) is 18.2 Å². The summed E-state index contributed by atoms with van der Waals surface area (Å²) in [7, 11) is 0. The Kier molecular flexibility index (Phi) is 2.81. The van der Waals surface area contributed by atoms with Crippen molar-refractivity contribution in [3.63, 3.8) is 0 Å². The highest BCUT2D eigenvalue weighted by molar-refractivity contribution is 5.84. The number of rotatable bonds is 4. The zero-order valence-electron chi connectivity index (χ0n) is 10.9. The lowest BCUT2D eigenvalue weighted by atomic mass is 10.3. The van der Waals surface area contributed by atoms with Crippen molar-refractivity contribution in [2.75, 3.05) is 5.32 Å². The lowest BCUT2D eigenvalue weighted by molar-refractivity contribution is -0.121. The summed E-state index contributed by atoms with van der Waals surface area (Å²) in [6.07, 6.45) is 3.61. The quantitative estimate of drug-likeness (QED) is 0.837. The van der Waals surface area contributed by atoms with Gasteiger partial charge in [0, 0.05) is 17.8 Å². The van der Waals surface area contributed by atoms with Gasteiger partial charge in [-0.3, -0.25) is 4.79 Å². The number of carbonyl (C=O) groups is 1. The first kappa shape index (κ1) is 11.9. The van der Waals surface area contributed by atoms with Crippen molar-refractivity contribution in [1.29, 1.82) is 0 Å². The van der Waals surface area contributed by atoms with Gasteiger partial charge in [0.05, 0.1) is 0 Å². The molecule has 0 spiro atoms. The second kappa shape index (κ2) is 4.49. The van der Waals surface area contributed by atoms with E-state index in [1.54, 1.807) is 4.52 Å².